The van der Waals surface area contributed by atoms with E-state index >= 15 is 0 Å². The summed E-state index contributed by atoms with van der Waals surface area (Å²) in [4.78, 5) is 1.35. The third-order valence-electron chi connectivity index (χ3n) is 3.85. The van der Waals surface area contributed by atoms with Crippen LogP contribution in [0.25, 0.3) is 11.0 Å². The van der Waals surface area contributed by atoms with Gasteiger partial charge in [0.25, 0.3) is 0 Å². The standard InChI is InChI=1S/C17H15NOS/c18-17(14-9-11-5-1-3-7-13(11)19-14)16-10-12-6-2-4-8-15(12)20-16/h1-9,16-17H,10,18H2. The largest absolute Gasteiger partial charge is 0.459 e. The van der Waals surface area contributed by atoms with Gasteiger partial charge in [0.2, 0.25) is 0 Å². The van der Waals surface area contributed by atoms with Gasteiger partial charge in [0.15, 0.2) is 0 Å². The first-order valence-corrected chi connectivity index (χ1v) is 7.68. The molecule has 1 aliphatic rings. The highest BCUT2D eigenvalue weighted by Crippen LogP contribution is 2.42. The van der Waals surface area contributed by atoms with Crippen molar-refractivity contribution in [2.45, 2.75) is 22.6 Å². The lowest BCUT2D eigenvalue weighted by Gasteiger charge is -2.15. The lowest BCUT2D eigenvalue weighted by molar-refractivity contribution is 0.486. The Morgan fingerprint density at radius 2 is 1.90 bits per heavy atom. The van der Waals surface area contributed by atoms with Crippen LogP contribution in [0.2, 0.25) is 0 Å². The smallest absolute Gasteiger partial charge is 0.134 e. The summed E-state index contributed by atoms with van der Waals surface area (Å²) in [5.74, 6) is 0.886. The number of fused-ring (bicyclic) bond motifs is 2. The molecule has 0 fully saturated rings. The van der Waals surface area contributed by atoms with Gasteiger partial charge < -0.3 is 10.2 Å². The summed E-state index contributed by atoms with van der Waals surface area (Å²) in [7, 11) is 0. The highest BCUT2D eigenvalue weighted by Gasteiger charge is 2.29. The minimum Gasteiger partial charge on any atom is -0.459 e. The van der Waals surface area contributed by atoms with E-state index in [0.29, 0.717) is 5.25 Å². The third-order valence-corrected chi connectivity index (χ3v) is 5.26. The molecular weight excluding hydrogens is 266 g/mol. The second-order valence-corrected chi connectivity index (χ2v) is 6.46. The second kappa shape index (κ2) is 4.69. The molecule has 4 rings (SSSR count). The first kappa shape index (κ1) is 12.1. The number of thioether (sulfide) groups is 1. The van der Waals surface area contributed by atoms with Crippen molar-refractivity contribution in [3.8, 4) is 0 Å². The summed E-state index contributed by atoms with van der Waals surface area (Å²) in [6.45, 7) is 0. The third kappa shape index (κ3) is 1.94. The van der Waals surface area contributed by atoms with Gasteiger partial charge in [0, 0.05) is 15.5 Å². The zero-order valence-corrected chi connectivity index (χ0v) is 11.8. The average molecular weight is 281 g/mol. The van der Waals surface area contributed by atoms with E-state index in [1.54, 1.807) is 0 Å². The van der Waals surface area contributed by atoms with Gasteiger partial charge >= 0.3 is 0 Å². The number of hydrogen-bond acceptors (Lipinski definition) is 3. The molecule has 2 nitrogen and oxygen atoms in total. The Balaban J connectivity index is 1.63. The highest BCUT2D eigenvalue weighted by molar-refractivity contribution is 8.00. The summed E-state index contributed by atoms with van der Waals surface area (Å²) >= 11 is 1.86. The fraction of sp³-hybridized carbons (Fsp3) is 0.176. The summed E-state index contributed by atoms with van der Waals surface area (Å²) in [6, 6.07) is 18.6. The number of hydrogen-bond donors (Lipinski definition) is 1. The molecule has 2 N–H and O–H groups in total. The Bertz CT molecular complexity index is 706. The second-order valence-electron chi connectivity index (χ2n) is 5.18. The lowest BCUT2D eigenvalue weighted by atomic mass is 10.0. The molecule has 1 aliphatic heterocycles. The summed E-state index contributed by atoms with van der Waals surface area (Å²) in [5, 5.41) is 1.48. The molecule has 100 valence electrons. The fourth-order valence-corrected chi connectivity index (χ4v) is 4.09. The van der Waals surface area contributed by atoms with Crippen LogP contribution < -0.4 is 5.73 Å². The number of rotatable bonds is 2. The lowest BCUT2D eigenvalue weighted by Crippen LogP contribution is -2.22. The maximum Gasteiger partial charge on any atom is 0.134 e. The highest BCUT2D eigenvalue weighted by atomic mass is 32.2. The zero-order chi connectivity index (χ0) is 13.5. The molecule has 0 amide bonds. The Morgan fingerprint density at radius 1 is 1.10 bits per heavy atom. The van der Waals surface area contributed by atoms with Gasteiger partial charge in [0.05, 0.1) is 6.04 Å². The van der Waals surface area contributed by atoms with E-state index in [9.17, 15) is 0 Å². The molecule has 0 aliphatic carbocycles. The van der Waals surface area contributed by atoms with Crippen molar-refractivity contribution in [2.75, 3.05) is 0 Å². The maximum atomic E-state index is 6.43. The summed E-state index contributed by atoms with van der Waals surface area (Å²) < 4.78 is 5.90. The summed E-state index contributed by atoms with van der Waals surface area (Å²) in [5.41, 5.74) is 8.74. The number of para-hydroxylation sites is 1. The van der Waals surface area contributed by atoms with Crippen LogP contribution in [-0.4, -0.2) is 5.25 Å². The van der Waals surface area contributed by atoms with Gasteiger partial charge in [-0.05, 0) is 30.2 Å². The number of nitrogens with two attached hydrogens (primary N) is 1. The molecule has 2 heterocycles. The molecule has 0 bridgehead atoms. The van der Waals surface area contributed by atoms with Gasteiger partial charge in [-0.1, -0.05) is 36.4 Å². The van der Waals surface area contributed by atoms with Gasteiger partial charge in [-0.3, -0.25) is 0 Å². The van der Waals surface area contributed by atoms with E-state index in [1.165, 1.54) is 10.5 Å². The Morgan fingerprint density at radius 3 is 2.75 bits per heavy atom. The predicted molar refractivity (Wildman–Crippen MR) is 82.9 cm³/mol. The van der Waals surface area contributed by atoms with E-state index in [2.05, 4.69) is 36.4 Å². The number of benzene rings is 2. The maximum absolute atomic E-state index is 6.43. The molecular formula is C17H15NOS. The van der Waals surface area contributed by atoms with Crippen molar-refractivity contribution in [3.05, 3.63) is 65.9 Å². The van der Waals surface area contributed by atoms with Gasteiger partial charge in [-0.25, -0.2) is 0 Å². The van der Waals surface area contributed by atoms with E-state index in [4.69, 9.17) is 10.2 Å². The Kier molecular flexibility index (Phi) is 2.83. The van der Waals surface area contributed by atoms with Crippen molar-refractivity contribution in [1.82, 2.24) is 0 Å². The minimum atomic E-state index is -0.0696. The normalized spacial score (nSPS) is 19.1. The van der Waals surface area contributed by atoms with E-state index in [1.807, 2.05) is 30.0 Å². The fourth-order valence-electron chi connectivity index (χ4n) is 2.76. The first-order chi connectivity index (χ1) is 9.81. The molecule has 20 heavy (non-hydrogen) atoms. The van der Waals surface area contributed by atoms with Gasteiger partial charge in [-0.15, -0.1) is 11.8 Å². The van der Waals surface area contributed by atoms with Crippen LogP contribution in [-0.2, 0) is 6.42 Å². The molecule has 0 radical (unpaired) electrons. The van der Waals surface area contributed by atoms with Crippen LogP contribution in [0.1, 0.15) is 17.4 Å². The summed E-state index contributed by atoms with van der Waals surface area (Å²) in [6.07, 6.45) is 1.01. The predicted octanol–water partition coefficient (Wildman–Crippen LogP) is 4.15. The molecule has 2 unspecified atom stereocenters. The molecule has 3 aromatic rings. The monoisotopic (exact) mass is 281 g/mol. The molecule has 3 heteroatoms. The van der Waals surface area contributed by atoms with Crippen LogP contribution in [0.15, 0.2) is 63.9 Å². The van der Waals surface area contributed by atoms with Crippen LogP contribution in [0.5, 0.6) is 0 Å². The SMILES string of the molecule is NC(c1cc2ccccc2o1)C1Cc2ccccc2S1. The van der Waals surface area contributed by atoms with Crippen LogP contribution in [0.4, 0.5) is 0 Å². The van der Waals surface area contributed by atoms with Crippen molar-refractivity contribution in [3.63, 3.8) is 0 Å². The van der Waals surface area contributed by atoms with E-state index in [-0.39, 0.29) is 6.04 Å². The van der Waals surface area contributed by atoms with Crippen LogP contribution in [0.3, 0.4) is 0 Å². The van der Waals surface area contributed by atoms with Crippen molar-refractivity contribution >= 4 is 22.7 Å². The Hall–Kier alpha value is -1.71. The molecule has 2 atom stereocenters. The molecule has 0 saturated carbocycles. The quantitative estimate of drug-likeness (QED) is 0.767. The molecule has 2 aromatic carbocycles. The van der Waals surface area contributed by atoms with Gasteiger partial charge in [-0.2, -0.15) is 0 Å². The van der Waals surface area contributed by atoms with Crippen molar-refractivity contribution < 1.29 is 4.42 Å². The topological polar surface area (TPSA) is 39.2 Å². The van der Waals surface area contributed by atoms with Crippen LogP contribution in [0, 0.1) is 0 Å². The molecule has 0 saturated heterocycles. The Labute approximate surface area is 122 Å². The van der Waals surface area contributed by atoms with E-state index in [0.717, 1.165) is 23.2 Å². The molecule has 1 aromatic heterocycles. The van der Waals surface area contributed by atoms with Gasteiger partial charge in [0.1, 0.15) is 11.3 Å². The van der Waals surface area contributed by atoms with Crippen molar-refractivity contribution in [1.29, 1.82) is 0 Å². The average Bonchev–Trinajstić information content (AvgIpc) is 3.10. The van der Waals surface area contributed by atoms with Crippen molar-refractivity contribution in [2.24, 2.45) is 5.73 Å². The molecule has 0 spiro atoms. The van der Waals surface area contributed by atoms with E-state index < -0.39 is 0 Å². The van der Waals surface area contributed by atoms with Crippen LogP contribution >= 0.6 is 11.8 Å². The first-order valence-electron chi connectivity index (χ1n) is 6.80. The zero-order valence-electron chi connectivity index (χ0n) is 11.0. The minimum absolute atomic E-state index is 0.0696. The number of furan rings is 1.